The fraction of sp³-hybridized carbons (Fsp3) is 0.538. The molecule has 25 heteroatoms. The van der Waals surface area contributed by atoms with Gasteiger partial charge in [-0.15, -0.1) is 0 Å². The van der Waals surface area contributed by atoms with Crippen molar-refractivity contribution in [3.63, 3.8) is 0 Å². The molecule has 0 bridgehead atoms. The normalized spacial score (nSPS) is 17.4. The standard InChI is InChI=1S/C52H76N14O11/c1-4-56-50(76)42-14-9-23-66(42)51(77)37(13-8-22-57-52(54)55)61-46(72)38(24-29(2)3)62-44(70)35(12-7-21-53)60-47(73)39(25-30-15-17-32(68)18-16-30)63-49(75)41(28-67)65-48(74)40(64-45(71)36-19-20-43(69)59-36)26-31-27-58-34-11-6-5-10-33(31)34/h5-6,10-11,15-18,27,29,35-42,58,67-68H,4,7-9,12-14,19-26,28,53H2,1-3H3,(H,56,76)(H,59,69)(H,60,73)(H,61,72)(H,62,70)(H,63,75)(H,64,71)(H,65,74)(H4,54,55,57)/t35-,36+,37+,38+,39+,40+,41+,42+/m1/s1. The van der Waals surface area contributed by atoms with Gasteiger partial charge < -0.3 is 79.8 Å². The molecular weight excluding hydrogens is 997 g/mol. The van der Waals surface area contributed by atoms with Crippen molar-refractivity contribution in [3.05, 3.63) is 65.9 Å². The maximum Gasteiger partial charge on any atom is 0.245 e. The number of aliphatic hydroxyl groups excluding tert-OH is 1. The number of aromatic amines is 1. The molecule has 0 unspecified atom stereocenters. The minimum Gasteiger partial charge on any atom is -0.508 e. The second-order valence-corrected chi connectivity index (χ2v) is 19.7. The van der Waals surface area contributed by atoms with Gasteiger partial charge in [-0.05, 0) is 100 Å². The molecule has 420 valence electrons. The van der Waals surface area contributed by atoms with Crippen LogP contribution in [0.5, 0.6) is 5.75 Å². The Hall–Kier alpha value is -7.80. The topological polar surface area (TPSA) is 400 Å². The van der Waals surface area contributed by atoms with Crippen molar-refractivity contribution >= 4 is 70.0 Å². The molecule has 25 nitrogen and oxygen atoms in total. The van der Waals surface area contributed by atoms with Crippen molar-refractivity contribution in [1.82, 2.24) is 52.4 Å². The monoisotopic (exact) mass is 1070 g/mol. The number of para-hydroxylation sites is 1. The summed E-state index contributed by atoms with van der Waals surface area (Å²) < 4.78 is 0. The summed E-state index contributed by atoms with van der Waals surface area (Å²) in [6.07, 6.45) is 3.42. The van der Waals surface area contributed by atoms with E-state index in [1.165, 1.54) is 29.2 Å². The highest BCUT2D eigenvalue weighted by molar-refractivity contribution is 5.99. The van der Waals surface area contributed by atoms with Crippen LogP contribution in [0.15, 0.2) is 59.7 Å². The highest BCUT2D eigenvalue weighted by Gasteiger charge is 2.39. The number of guanidine groups is 1. The van der Waals surface area contributed by atoms with E-state index in [9.17, 15) is 53.4 Å². The lowest BCUT2D eigenvalue weighted by Gasteiger charge is -2.30. The third-order valence-corrected chi connectivity index (χ3v) is 13.3. The van der Waals surface area contributed by atoms with Crippen LogP contribution >= 0.6 is 0 Å². The molecule has 2 aromatic carbocycles. The Balaban J connectivity index is 1.35. The van der Waals surface area contributed by atoms with Crippen LogP contribution in [-0.4, -0.2) is 160 Å². The number of rotatable bonds is 29. The SMILES string of the molecule is CCNC(=O)[C@@H]1CCCN1C(=O)[C@H](CCCN=C(N)N)NC(=O)[C@H](CC(C)C)NC(=O)[C@@H](CCCN)NC(=O)[C@H](Cc1ccc(O)cc1)NC(=O)[C@H](CO)NC(=O)[C@H](Cc1c[nH]c2ccccc12)NC(=O)[C@@H]1CCC(=O)N1. The first kappa shape index (κ1) is 60.1. The van der Waals surface area contributed by atoms with Crippen LogP contribution in [-0.2, 0) is 56.0 Å². The van der Waals surface area contributed by atoms with Gasteiger partial charge in [-0.2, -0.15) is 0 Å². The van der Waals surface area contributed by atoms with E-state index in [1.54, 1.807) is 19.2 Å². The minimum absolute atomic E-state index is 0.0184. The van der Waals surface area contributed by atoms with Gasteiger partial charge >= 0.3 is 0 Å². The number of aliphatic hydroxyl groups is 1. The summed E-state index contributed by atoms with van der Waals surface area (Å²) >= 11 is 0. The second kappa shape index (κ2) is 29.5. The van der Waals surface area contributed by atoms with Crippen molar-refractivity contribution < 1.29 is 53.4 Å². The number of nitrogens with two attached hydrogens (primary N) is 3. The fourth-order valence-electron chi connectivity index (χ4n) is 9.30. The van der Waals surface area contributed by atoms with E-state index in [4.69, 9.17) is 17.2 Å². The zero-order chi connectivity index (χ0) is 56.2. The molecule has 1 aromatic heterocycles. The minimum atomic E-state index is -1.68. The Labute approximate surface area is 446 Å². The lowest BCUT2D eigenvalue weighted by molar-refractivity contribution is -0.142. The average molecular weight is 1070 g/mol. The maximum atomic E-state index is 14.5. The molecule has 0 saturated carbocycles. The maximum absolute atomic E-state index is 14.5. The number of phenols is 1. The first-order chi connectivity index (χ1) is 36.8. The van der Waals surface area contributed by atoms with Gasteiger partial charge in [0.15, 0.2) is 5.96 Å². The van der Waals surface area contributed by atoms with Crippen molar-refractivity contribution in [3.8, 4) is 5.75 Å². The van der Waals surface area contributed by atoms with Crippen LogP contribution < -0.4 is 59.7 Å². The summed E-state index contributed by atoms with van der Waals surface area (Å²) in [5, 5.41) is 42.7. The highest BCUT2D eigenvalue weighted by atomic mass is 16.3. The van der Waals surface area contributed by atoms with Crippen LogP contribution in [0, 0.1) is 5.92 Å². The average Bonchev–Trinajstić information content (AvgIpc) is 4.18. The van der Waals surface area contributed by atoms with E-state index in [2.05, 4.69) is 52.5 Å². The van der Waals surface area contributed by atoms with E-state index >= 15 is 0 Å². The lowest BCUT2D eigenvalue weighted by atomic mass is 10.0. The number of nitrogens with zero attached hydrogens (tertiary/aromatic N) is 2. The quantitative estimate of drug-likeness (QED) is 0.0200. The number of likely N-dealkylation sites (tertiary alicyclic amines) is 1. The summed E-state index contributed by atoms with van der Waals surface area (Å²) in [6, 6.07) is 3.25. The number of carbonyl (C=O) groups excluding carboxylic acids is 9. The lowest BCUT2D eigenvalue weighted by Crippen LogP contribution is -2.61. The molecule has 2 aliphatic rings. The molecule has 17 N–H and O–H groups in total. The molecule has 77 heavy (non-hydrogen) atoms. The molecule has 2 saturated heterocycles. The largest absolute Gasteiger partial charge is 0.508 e. The predicted molar refractivity (Wildman–Crippen MR) is 285 cm³/mol. The molecule has 0 radical (unpaired) electrons. The Morgan fingerprint density at radius 3 is 2.01 bits per heavy atom. The second-order valence-electron chi connectivity index (χ2n) is 19.7. The number of nitrogens with one attached hydrogen (secondary N) is 9. The number of likely N-dealkylation sites (N-methyl/N-ethyl adjacent to an activating group) is 1. The first-order valence-electron chi connectivity index (χ1n) is 26.2. The number of hydrogen-bond acceptors (Lipinski definition) is 13. The number of phenolic OH excluding ortho intramolecular Hbond substituents is 1. The third-order valence-electron chi connectivity index (χ3n) is 13.3. The van der Waals surface area contributed by atoms with Gasteiger partial charge in [0.1, 0.15) is 54.1 Å². The highest BCUT2D eigenvalue weighted by Crippen LogP contribution is 2.22. The number of fused-ring (bicyclic) bond motifs is 1. The third kappa shape index (κ3) is 17.9. The van der Waals surface area contributed by atoms with E-state index in [0.29, 0.717) is 30.5 Å². The molecule has 3 heterocycles. The Bertz CT molecular complexity index is 2570. The fourth-order valence-corrected chi connectivity index (χ4v) is 9.30. The summed E-state index contributed by atoms with van der Waals surface area (Å²) in [5.41, 5.74) is 18.8. The van der Waals surface area contributed by atoms with Crippen LogP contribution in [0.3, 0.4) is 0 Å². The van der Waals surface area contributed by atoms with E-state index in [1.807, 2.05) is 32.0 Å². The molecule has 0 spiro atoms. The summed E-state index contributed by atoms with van der Waals surface area (Å²) in [7, 11) is 0. The number of H-pyrrole nitrogens is 1. The number of benzene rings is 2. The zero-order valence-corrected chi connectivity index (χ0v) is 43.9. The molecule has 9 amide bonds. The molecule has 5 rings (SSSR count). The molecule has 3 aromatic rings. The Kier molecular flexibility index (Phi) is 23.0. The van der Waals surface area contributed by atoms with Crippen molar-refractivity contribution in [2.24, 2.45) is 28.1 Å². The number of hydrogen-bond donors (Lipinski definition) is 14. The van der Waals surface area contributed by atoms with Crippen molar-refractivity contribution in [1.29, 1.82) is 0 Å². The van der Waals surface area contributed by atoms with Crippen molar-refractivity contribution in [2.45, 2.75) is 140 Å². The van der Waals surface area contributed by atoms with Gasteiger partial charge in [-0.25, -0.2) is 0 Å². The van der Waals surface area contributed by atoms with Gasteiger partial charge in [-0.3, -0.25) is 48.1 Å². The number of aliphatic imine (C=N–C) groups is 1. The Morgan fingerprint density at radius 2 is 1.36 bits per heavy atom. The number of aromatic nitrogens is 1. The number of amides is 9. The molecule has 8 atom stereocenters. The molecular formula is C52H76N14O11. The molecule has 2 aliphatic heterocycles. The van der Waals surface area contributed by atoms with Crippen LogP contribution in [0.4, 0.5) is 0 Å². The van der Waals surface area contributed by atoms with Gasteiger partial charge in [0.05, 0.1) is 6.61 Å². The zero-order valence-electron chi connectivity index (χ0n) is 43.9. The smallest absolute Gasteiger partial charge is 0.245 e. The van der Waals surface area contributed by atoms with Gasteiger partial charge in [-0.1, -0.05) is 44.2 Å². The van der Waals surface area contributed by atoms with E-state index in [0.717, 1.165) is 10.9 Å². The van der Waals surface area contributed by atoms with Gasteiger partial charge in [0.25, 0.3) is 0 Å². The van der Waals surface area contributed by atoms with E-state index < -0.39 is 96.3 Å². The van der Waals surface area contributed by atoms with E-state index in [-0.39, 0.29) is 107 Å². The van der Waals surface area contributed by atoms with Gasteiger partial charge in [0, 0.05) is 56.0 Å². The number of aromatic hydroxyl groups is 1. The first-order valence-corrected chi connectivity index (χ1v) is 26.2. The van der Waals surface area contributed by atoms with Crippen LogP contribution in [0.1, 0.15) is 89.7 Å². The van der Waals surface area contributed by atoms with Crippen molar-refractivity contribution in [2.75, 3.05) is 32.8 Å². The number of carbonyl (C=O) groups is 9. The summed E-state index contributed by atoms with van der Waals surface area (Å²) in [5.74, 6) is -6.38. The molecule has 0 aliphatic carbocycles. The summed E-state index contributed by atoms with van der Waals surface area (Å²) in [6.45, 7) is 5.38. The molecule has 2 fully saturated rings. The summed E-state index contributed by atoms with van der Waals surface area (Å²) in [4.78, 5) is 132. The van der Waals surface area contributed by atoms with Crippen LogP contribution in [0.25, 0.3) is 10.9 Å². The van der Waals surface area contributed by atoms with Crippen LogP contribution in [0.2, 0.25) is 0 Å². The van der Waals surface area contributed by atoms with Gasteiger partial charge in [0.2, 0.25) is 53.2 Å². The predicted octanol–water partition coefficient (Wildman–Crippen LogP) is -2.20. The Morgan fingerprint density at radius 1 is 0.753 bits per heavy atom.